The van der Waals surface area contributed by atoms with Crippen LogP contribution in [0, 0.1) is 0 Å². The van der Waals surface area contributed by atoms with Gasteiger partial charge in [0.25, 0.3) is 5.91 Å². The monoisotopic (exact) mass is 363 g/mol. The Morgan fingerprint density at radius 2 is 1.88 bits per heavy atom. The molecule has 0 aliphatic carbocycles. The molecule has 2 rings (SSSR count). The predicted molar refractivity (Wildman–Crippen MR) is 98.7 cm³/mol. The number of rotatable bonds is 7. The van der Waals surface area contributed by atoms with Crippen molar-refractivity contribution in [3.05, 3.63) is 35.4 Å². The molecule has 1 aliphatic heterocycles. The highest BCUT2D eigenvalue weighted by Gasteiger charge is 2.26. The molecule has 3 N–H and O–H groups in total. The molecule has 144 valence electrons. The second-order valence-electron chi connectivity index (χ2n) is 6.74. The highest BCUT2D eigenvalue weighted by atomic mass is 16.5. The summed E-state index contributed by atoms with van der Waals surface area (Å²) in [4.78, 5) is 26.3. The second-order valence-corrected chi connectivity index (χ2v) is 6.74. The molecule has 3 atom stereocenters. The SMILES string of the molecule is COC(CN)CC(=O)NCc1ccc(C(=O)N2CC(C)OC(C)C2)cc1. The van der Waals surface area contributed by atoms with Crippen molar-refractivity contribution in [3.8, 4) is 0 Å². The molecule has 7 nitrogen and oxygen atoms in total. The molecule has 0 saturated carbocycles. The fourth-order valence-corrected chi connectivity index (χ4v) is 3.03. The van der Waals surface area contributed by atoms with E-state index in [0.717, 1.165) is 5.56 Å². The van der Waals surface area contributed by atoms with Crippen molar-refractivity contribution < 1.29 is 19.1 Å². The van der Waals surface area contributed by atoms with Gasteiger partial charge in [0.1, 0.15) is 0 Å². The van der Waals surface area contributed by atoms with E-state index in [1.807, 2.05) is 30.9 Å². The van der Waals surface area contributed by atoms with Crippen molar-refractivity contribution in [1.29, 1.82) is 0 Å². The highest BCUT2D eigenvalue weighted by molar-refractivity contribution is 5.94. The first kappa shape index (κ1) is 20.4. The third kappa shape index (κ3) is 5.79. The first-order valence-corrected chi connectivity index (χ1v) is 8.96. The summed E-state index contributed by atoms with van der Waals surface area (Å²) in [5, 5.41) is 2.84. The Balaban J connectivity index is 1.87. The molecule has 1 fully saturated rings. The van der Waals surface area contributed by atoms with Crippen LogP contribution >= 0.6 is 0 Å². The van der Waals surface area contributed by atoms with Gasteiger partial charge in [-0.2, -0.15) is 0 Å². The van der Waals surface area contributed by atoms with Gasteiger partial charge >= 0.3 is 0 Å². The smallest absolute Gasteiger partial charge is 0.254 e. The van der Waals surface area contributed by atoms with Crippen molar-refractivity contribution in [3.63, 3.8) is 0 Å². The van der Waals surface area contributed by atoms with Crippen LogP contribution < -0.4 is 11.1 Å². The van der Waals surface area contributed by atoms with Crippen LogP contribution in [0.1, 0.15) is 36.2 Å². The lowest BCUT2D eigenvalue weighted by Crippen LogP contribution is -2.48. The van der Waals surface area contributed by atoms with Crippen molar-refractivity contribution in [2.24, 2.45) is 5.73 Å². The third-order valence-corrected chi connectivity index (χ3v) is 4.41. The van der Waals surface area contributed by atoms with Gasteiger partial charge in [0.15, 0.2) is 0 Å². The molecule has 0 spiro atoms. The standard InChI is InChI=1S/C19H29N3O4/c1-13-11-22(12-14(2)26-13)19(24)16-6-4-15(5-7-16)10-21-18(23)8-17(9-20)25-3/h4-7,13-14,17H,8-12,20H2,1-3H3,(H,21,23). The van der Waals surface area contributed by atoms with Gasteiger partial charge in [-0.3, -0.25) is 9.59 Å². The maximum atomic E-state index is 12.6. The van der Waals surface area contributed by atoms with Gasteiger partial charge in [-0.1, -0.05) is 12.1 Å². The lowest BCUT2D eigenvalue weighted by molar-refractivity contribution is -0.123. The lowest BCUT2D eigenvalue weighted by Gasteiger charge is -2.35. The summed E-state index contributed by atoms with van der Waals surface area (Å²) in [7, 11) is 1.54. The summed E-state index contributed by atoms with van der Waals surface area (Å²) in [6.07, 6.45) is 0.0494. The Bertz CT molecular complexity index is 591. The molecule has 0 radical (unpaired) electrons. The number of nitrogens with two attached hydrogens (primary N) is 1. The van der Waals surface area contributed by atoms with E-state index in [9.17, 15) is 9.59 Å². The number of nitrogens with zero attached hydrogens (tertiary/aromatic N) is 1. The third-order valence-electron chi connectivity index (χ3n) is 4.41. The van der Waals surface area contributed by atoms with Gasteiger partial charge < -0.3 is 25.4 Å². The van der Waals surface area contributed by atoms with Gasteiger partial charge in [-0.25, -0.2) is 0 Å². The zero-order valence-electron chi connectivity index (χ0n) is 15.7. The molecule has 0 bridgehead atoms. The largest absolute Gasteiger partial charge is 0.380 e. The number of carbonyl (C=O) groups is 2. The minimum absolute atomic E-state index is 0.00784. The Labute approximate surface area is 154 Å². The van der Waals surface area contributed by atoms with Gasteiger partial charge in [0.05, 0.1) is 24.7 Å². The minimum Gasteiger partial charge on any atom is -0.380 e. The van der Waals surface area contributed by atoms with Gasteiger partial charge in [0.2, 0.25) is 5.91 Å². The minimum atomic E-state index is -0.270. The van der Waals surface area contributed by atoms with Crippen LogP contribution in [0.4, 0.5) is 0 Å². The average molecular weight is 363 g/mol. The number of nitrogens with one attached hydrogen (secondary N) is 1. The fraction of sp³-hybridized carbons (Fsp3) is 0.579. The molecule has 26 heavy (non-hydrogen) atoms. The maximum Gasteiger partial charge on any atom is 0.254 e. The van der Waals surface area contributed by atoms with Gasteiger partial charge in [0, 0.05) is 38.9 Å². The number of morpholine rings is 1. The summed E-state index contributed by atoms with van der Waals surface area (Å²) in [6.45, 7) is 5.85. The number of benzene rings is 1. The summed E-state index contributed by atoms with van der Waals surface area (Å²) < 4.78 is 10.8. The second kappa shape index (κ2) is 9.66. The van der Waals surface area contributed by atoms with Crippen LogP contribution in [0.15, 0.2) is 24.3 Å². The van der Waals surface area contributed by atoms with E-state index >= 15 is 0 Å². The quantitative estimate of drug-likeness (QED) is 0.751. The number of carbonyl (C=O) groups excluding carboxylic acids is 2. The topological polar surface area (TPSA) is 93.9 Å². The lowest BCUT2D eigenvalue weighted by atomic mass is 10.1. The Hall–Kier alpha value is -1.96. The predicted octanol–water partition coefficient (Wildman–Crippen LogP) is 0.916. The Morgan fingerprint density at radius 3 is 2.42 bits per heavy atom. The van der Waals surface area contributed by atoms with E-state index < -0.39 is 0 Å². The van der Waals surface area contributed by atoms with Gasteiger partial charge in [-0.05, 0) is 31.5 Å². The summed E-state index contributed by atoms with van der Waals surface area (Å²) in [5.74, 6) is -0.104. The Kier molecular flexibility index (Phi) is 7.56. The van der Waals surface area contributed by atoms with Crippen LogP contribution in [0.5, 0.6) is 0 Å². The van der Waals surface area contributed by atoms with E-state index in [1.54, 1.807) is 12.1 Å². The molecule has 7 heteroatoms. The number of ether oxygens (including phenoxy) is 2. The number of methoxy groups -OCH3 is 1. The van der Waals surface area contributed by atoms with E-state index in [0.29, 0.717) is 31.7 Å². The van der Waals surface area contributed by atoms with Crippen molar-refractivity contribution >= 4 is 11.8 Å². The van der Waals surface area contributed by atoms with Crippen molar-refractivity contribution in [2.45, 2.75) is 45.1 Å². The fourth-order valence-electron chi connectivity index (χ4n) is 3.03. The molecule has 1 aromatic carbocycles. The van der Waals surface area contributed by atoms with E-state index in [4.69, 9.17) is 15.2 Å². The zero-order chi connectivity index (χ0) is 19.1. The molecule has 1 aliphatic rings. The summed E-state index contributed by atoms with van der Waals surface area (Å²) >= 11 is 0. The van der Waals surface area contributed by atoms with Crippen LogP contribution in [0.2, 0.25) is 0 Å². The first-order valence-electron chi connectivity index (χ1n) is 8.96. The molecule has 2 amide bonds. The molecule has 1 saturated heterocycles. The molecule has 1 aromatic rings. The number of amides is 2. The highest BCUT2D eigenvalue weighted by Crippen LogP contribution is 2.15. The van der Waals surface area contributed by atoms with Crippen LogP contribution in [-0.2, 0) is 20.8 Å². The average Bonchev–Trinajstić information content (AvgIpc) is 2.63. The summed E-state index contributed by atoms with van der Waals surface area (Å²) in [6, 6.07) is 7.31. The first-order chi connectivity index (χ1) is 12.4. The zero-order valence-corrected chi connectivity index (χ0v) is 15.7. The van der Waals surface area contributed by atoms with E-state index in [1.165, 1.54) is 7.11 Å². The van der Waals surface area contributed by atoms with Crippen LogP contribution in [0.25, 0.3) is 0 Å². The van der Waals surface area contributed by atoms with Gasteiger partial charge in [-0.15, -0.1) is 0 Å². The number of hydrogen-bond donors (Lipinski definition) is 2. The maximum absolute atomic E-state index is 12.6. The molecule has 0 aromatic heterocycles. The molecular formula is C19H29N3O4. The van der Waals surface area contributed by atoms with Crippen molar-refractivity contribution in [1.82, 2.24) is 10.2 Å². The number of hydrogen-bond acceptors (Lipinski definition) is 5. The van der Waals surface area contributed by atoms with Crippen LogP contribution in [0.3, 0.4) is 0 Å². The molecule has 1 heterocycles. The van der Waals surface area contributed by atoms with Crippen molar-refractivity contribution in [2.75, 3.05) is 26.7 Å². The van der Waals surface area contributed by atoms with E-state index in [-0.39, 0.29) is 36.5 Å². The summed E-state index contributed by atoms with van der Waals surface area (Å²) in [5.41, 5.74) is 7.09. The van der Waals surface area contributed by atoms with E-state index in [2.05, 4.69) is 5.32 Å². The van der Waals surface area contributed by atoms with Crippen LogP contribution in [-0.4, -0.2) is 61.8 Å². The molecule has 3 unspecified atom stereocenters. The normalized spacial score (nSPS) is 21.3. The Morgan fingerprint density at radius 1 is 1.27 bits per heavy atom. The molecular weight excluding hydrogens is 334 g/mol.